The predicted octanol–water partition coefficient (Wildman–Crippen LogP) is 5.16. The van der Waals surface area contributed by atoms with E-state index < -0.39 is 6.09 Å². The minimum absolute atomic E-state index is 0.0884. The SMILES string of the molecule is O=C(O)N[C@@H]1CN[C@H](C#Cc2cc3c(Nc4ccc(OCc5cccc(F)c5)c(Cl)c4)ncnc3s2)C1. The third kappa shape index (κ3) is 6.27. The van der Waals surface area contributed by atoms with Crippen molar-refractivity contribution in [1.82, 2.24) is 20.6 Å². The molecule has 0 bridgehead atoms. The summed E-state index contributed by atoms with van der Waals surface area (Å²) in [6, 6.07) is 13.2. The van der Waals surface area contributed by atoms with Gasteiger partial charge in [0.2, 0.25) is 0 Å². The number of nitrogens with one attached hydrogen (secondary N) is 3. The summed E-state index contributed by atoms with van der Waals surface area (Å²) in [5, 5.41) is 19.1. The van der Waals surface area contributed by atoms with Crippen molar-refractivity contribution in [2.45, 2.75) is 25.1 Å². The van der Waals surface area contributed by atoms with Crippen molar-refractivity contribution in [3.63, 3.8) is 0 Å². The molecule has 188 valence electrons. The Hall–Kier alpha value is -3.91. The second kappa shape index (κ2) is 11.0. The van der Waals surface area contributed by atoms with E-state index in [-0.39, 0.29) is 24.5 Å². The van der Waals surface area contributed by atoms with E-state index >= 15 is 0 Å². The molecule has 2 atom stereocenters. The lowest BCUT2D eigenvalue weighted by Crippen LogP contribution is -2.34. The predicted molar refractivity (Wildman–Crippen MR) is 141 cm³/mol. The fraction of sp³-hybridized carbons (Fsp3) is 0.192. The van der Waals surface area contributed by atoms with Crippen LogP contribution < -0.4 is 20.7 Å². The number of ether oxygens (including phenoxy) is 1. The van der Waals surface area contributed by atoms with E-state index in [0.29, 0.717) is 40.8 Å². The van der Waals surface area contributed by atoms with Gasteiger partial charge in [-0.05, 0) is 48.4 Å². The summed E-state index contributed by atoms with van der Waals surface area (Å²) in [4.78, 5) is 21.2. The normalized spacial score (nSPS) is 16.7. The Labute approximate surface area is 220 Å². The van der Waals surface area contributed by atoms with Crippen molar-refractivity contribution in [2.75, 3.05) is 11.9 Å². The number of fused-ring (bicyclic) bond motifs is 1. The molecule has 1 saturated heterocycles. The van der Waals surface area contributed by atoms with Gasteiger partial charge in [-0.15, -0.1) is 11.3 Å². The zero-order valence-electron chi connectivity index (χ0n) is 19.3. The number of thiophene rings is 1. The molecular formula is C26H21ClFN5O3S. The Bertz CT molecular complexity index is 1520. The zero-order chi connectivity index (χ0) is 25.8. The standard InChI is InChI=1S/C26H21ClFN5O3S/c27-22-10-18(5-7-23(22)36-13-15-2-1-3-16(28)8-15)32-24-21-11-20(37-25(21)31-14-30-24)6-4-17-9-19(12-29-17)33-26(34)35/h1-3,5,7-8,10-11,14,17,19,29,33H,9,12-13H2,(H,34,35)(H,30,31,32)/t17-,19+/m1/s1. The van der Waals surface area contributed by atoms with Gasteiger partial charge >= 0.3 is 6.09 Å². The number of halogens is 2. The van der Waals surface area contributed by atoms with Crippen molar-refractivity contribution in [2.24, 2.45) is 0 Å². The third-order valence-corrected chi connectivity index (χ3v) is 6.89. The number of benzene rings is 2. The molecule has 4 aromatic rings. The van der Waals surface area contributed by atoms with E-state index in [4.69, 9.17) is 21.4 Å². The number of hydrogen-bond acceptors (Lipinski definition) is 7. The topological polar surface area (TPSA) is 108 Å². The maximum absolute atomic E-state index is 13.4. The third-order valence-electron chi connectivity index (χ3n) is 5.64. The molecule has 0 spiro atoms. The second-order valence-corrected chi connectivity index (χ2v) is 9.79. The van der Waals surface area contributed by atoms with Crippen LogP contribution in [0.15, 0.2) is 54.9 Å². The van der Waals surface area contributed by atoms with Crippen molar-refractivity contribution in [3.8, 4) is 17.6 Å². The molecule has 5 rings (SSSR count). The Morgan fingerprint density at radius 3 is 2.97 bits per heavy atom. The lowest BCUT2D eigenvalue weighted by molar-refractivity contribution is 0.190. The first-order valence-corrected chi connectivity index (χ1v) is 12.5. The first-order chi connectivity index (χ1) is 17.9. The summed E-state index contributed by atoms with van der Waals surface area (Å²) in [5.74, 6) is 7.11. The Morgan fingerprint density at radius 2 is 2.16 bits per heavy atom. The van der Waals surface area contributed by atoms with E-state index in [1.807, 2.05) is 12.1 Å². The highest BCUT2D eigenvalue weighted by molar-refractivity contribution is 7.19. The first kappa shape index (κ1) is 24.8. The zero-order valence-corrected chi connectivity index (χ0v) is 20.9. The molecule has 8 nitrogen and oxygen atoms in total. The van der Waals surface area contributed by atoms with Gasteiger partial charge in [0.25, 0.3) is 0 Å². The van der Waals surface area contributed by atoms with Gasteiger partial charge in [-0.3, -0.25) is 0 Å². The molecule has 2 aromatic carbocycles. The summed E-state index contributed by atoms with van der Waals surface area (Å²) in [5.41, 5.74) is 1.42. The van der Waals surface area contributed by atoms with Crippen LogP contribution in [0.5, 0.6) is 5.75 Å². The van der Waals surface area contributed by atoms with Gasteiger partial charge < -0.3 is 25.8 Å². The van der Waals surface area contributed by atoms with Crippen molar-refractivity contribution in [3.05, 3.63) is 76.1 Å². The highest BCUT2D eigenvalue weighted by Crippen LogP contribution is 2.33. The highest BCUT2D eigenvalue weighted by atomic mass is 35.5. The van der Waals surface area contributed by atoms with Crippen molar-refractivity contribution in [1.29, 1.82) is 0 Å². The number of carbonyl (C=O) groups is 1. The summed E-state index contributed by atoms with van der Waals surface area (Å²) in [7, 11) is 0. The first-order valence-electron chi connectivity index (χ1n) is 11.4. The molecule has 0 aliphatic carbocycles. The number of amides is 1. The largest absolute Gasteiger partial charge is 0.487 e. The Kier molecular flexibility index (Phi) is 7.37. The molecule has 2 aromatic heterocycles. The maximum atomic E-state index is 13.4. The van der Waals surface area contributed by atoms with Gasteiger partial charge in [0, 0.05) is 18.3 Å². The average molecular weight is 538 g/mol. The van der Waals surface area contributed by atoms with Gasteiger partial charge in [-0.25, -0.2) is 19.2 Å². The van der Waals surface area contributed by atoms with Crippen LogP contribution in [0.25, 0.3) is 10.2 Å². The molecule has 1 amide bonds. The van der Waals surface area contributed by atoms with Gasteiger partial charge in [0.05, 0.1) is 21.3 Å². The van der Waals surface area contributed by atoms with Crippen LogP contribution in [0, 0.1) is 17.7 Å². The molecule has 3 heterocycles. The lowest BCUT2D eigenvalue weighted by Gasteiger charge is -2.11. The van der Waals surface area contributed by atoms with E-state index in [1.54, 1.807) is 24.3 Å². The van der Waals surface area contributed by atoms with Crippen molar-refractivity contribution >= 4 is 50.8 Å². The minimum Gasteiger partial charge on any atom is -0.487 e. The summed E-state index contributed by atoms with van der Waals surface area (Å²) < 4.78 is 19.1. The molecule has 11 heteroatoms. The lowest BCUT2D eigenvalue weighted by atomic mass is 10.2. The number of hydrogen-bond donors (Lipinski definition) is 4. The number of carboxylic acid groups (broad SMARTS) is 1. The quantitative estimate of drug-likeness (QED) is 0.252. The van der Waals surface area contributed by atoms with Crippen LogP contribution in [-0.4, -0.2) is 39.8 Å². The van der Waals surface area contributed by atoms with Gasteiger partial charge in [-0.2, -0.15) is 0 Å². The number of rotatable bonds is 6. The monoisotopic (exact) mass is 537 g/mol. The van der Waals surface area contributed by atoms with Crippen LogP contribution in [0.3, 0.4) is 0 Å². The Balaban J connectivity index is 1.27. The smallest absolute Gasteiger partial charge is 0.404 e. The van der Waals surface area contributed by atoms with E-state index in [1.165, 1.54) is 29.8 Å². The highest BCUT2D eigenvalue weighted by Gasteiger charge is 2.23. The van der Waals surface area contributed by atoms with E-state index in [2.05, 4.69) is 37.8 Å². The molecular weight excluding hydrogens is 517 g/mol. The molecule has 0 saturated carbocycles. The van der Waals surface area contributed by atoms with Crippen LogP contribution in [-0.2, 0) is 6.61 Å². The molecule has 1 aliphatic heterocycles. The minimum atomic E-state index is -1.03. The molecule has 4 N–H and O–H groups in total. The van der Waals surface area contributed by atoms with Gasteiger partial charge in [-0.1, -0.05) is 35.6 Å². The fourth-order valence-electron chi connectivity index (χ4n) is 3.93. The van der Waals surface area contributed by atoms with Crippen LogP contribution in [0.2, 0.25) is 5.02 Å². The Morgan fingerprint density at radius 1 is 1.27 bits per heavy atom. The molecule has 1 fully saturated rings. The summed E-state index contributed by atoms with van der Waals surface area (Å²) in [6.07, 6.45) is 1.06. The van der Waals surface area contributed by atoms with Gasteiger partial charge in [0.1, 0.15) is 35.1 Å². The van der Waals surface area contributed by atoms with Gasteiger partial charge in [0.15, 0.2) is 0 Å². The maximum Gasteiger partial charge on any atom is 0.404 e. The number of aromatic nitrogens is 2. The van der Waals surface area contributed by atoms with Crippen LogP contribution in [0.4, 0.5) is 20.7 Å². The van der Waals surface area contributed by atoms with Crippen molar-refractivity contribution < 1.29 is 19.0 Å². The van der Waals surface area contributed by atoms with E-state index in [9.17, 15) is 9.18 Å². The second-order valence-electron chi connectivity index (χ2n) is 8.35. The fourth-order valence-corrected chi connectivity index (χ4v) is 5.02. The molecule has 37 heavy (non-hydrogen) atoms. The molecule has 0 radical (unpaired) electrons. The average Bonchev–Trinajstić information content (AvgIpc) is 3.49. The van der Waals surface area contributed by atoms with Crippen LogP contribution >= 0.6 is 22.9 Å². The molecule has 1 aliphatic rings. The summed E-state index contributed by atoms with van der Waals surface area (Å²) >= 11 is 7.88. The van der Waals surface area contributed by atoms with Crippen LogP contribution in [0.1, 0.15) is 16.9 Å². The van der Waals surface area contributed by atoms with E-state index in [0.717, 1.165) is 15.1 Å². The number of nitrogens with zero attached hydrogens (tertiary/aromatic N) is 2. The summed E-state index contributed by atoms with van der Waals surface area (Å²) in [6.45, 7) is 0.747. The molecule has 0 unspecified atom stereocenters. The number of anilines is 2.